The lowest BCUT2D eigenvalue weighted by Gasteiger charge is -2.33. The zero-order valence-corrected chi connectivity index (χ0v) is 16.6. The van der Waals surface area contributed by atoms with E-state index >= 15 is 0 Å². The summed E-state index contributed by atoms with van der Waals surface area (Å²) in [4.78, 5) is 28.4. The zero-order valence-electron chi connectivity index (χ0n) is 16.6. The van der Waals surface area contributed by atoms with E-state index in [9.17, 15) is 14.7 Å². The van der Waals surface area contributed by atoms with Gasteiger partial charge in [0.25, 0.3) is 0 Å². The summed E-state index contributed by atoms with van der Waals surface area (Å²) in [5, 5.41) is 12.7. The van der Waals surface area contributed by atoms with Gasteiger partial charge >= 0.3 is 6.03 Å². The summed E-state index contributed by atoms with van der Waals surface area (Å²) in [6, 6.07) is 7.37. The number of aromatic hydroxyl groups is 1. The topological polar surface area (TPSA) is 72.9 Å². The summed E-state index contributed by atoms with van der Waals surface area (Å²) in [6.07, 6.45) is 2.31. The average Bonchev–Trinajstić information content (AvgIpc) is 3.01. The van der Waals surface area contributed by atoms with E-state index < -0.39 is 0 Å². The van der Waals surface area contributed by atoms with Crippen LogP contribution >= 0.6 is 0 Å². The van der Waals surface area contributed by atoms with Gasteiger partial charge in [0.2, 0.25) is 5.91 Å². The molecule has 0 saturated carbocycles. The summed E-state index contributed by atoms with van der Waals surface area (Å²) in [6.45, 7) is 8.81. The van der Waals surface area contributed by atoms with Gasteiger partial charge in [-0.25, -0.2) is 4.79 Å². The first-order valence-electron chi connectivity index (χ1n) is 9.86. The third-order valence-electron chi connectivity index (χ3n) is 5.68. The van der Waals surface area contributed by atoms with Gasteiger partial charge in [0.05, 0.1) is 0 Å². The highest BCUT2D eigenvalue weighted by Gasteiger charge is 2.36. The molecule has 148 valence electrons. The number of carbonyl (C=O) groups excluding carboxylic acids is 2. The van der Waals surface area contributed by atoms with Crippen molar-refractivity contribution >= 4 is 11.9 Å². The minimum Gasteiger partial charge on any atom is -0.508 e. The quantitative estimate of drug-likeness (QED) is 0.856. The molecule has 1 aromatic rings. The molecule has 0 aliphatic carbocycles. The third-order valence-corrected chi connectivity index (χ3v) is 5.68. The van der Waals surface area contributed by atoms with Crippen LogP contribution in [0.5, 0.6) is 5.75 Å². The van der Waals surface area contributed by atoms with E-state index in [1.165, 1.54) is 0 Å². The Hall–Kier alpha value is -2.24. The number of phenolic OH excluding ortho intramolecular Hbond substituents is 1. The molecule has 2 heterocycles. The number of piperidine rings is 1. The van der Waals surface area contributed by atoms with Crippen LogP contribution in [0.2, 0.25) is 0 Å². The van der Waals surface area contributed by atoms with Crippen LogP contribution in [0.4, 0.5) is 4.79 Å². The molecule has 0 radical (unpaired) electrons. The molecule has 0 aromatic heterocycles. The summed E-state index contributed by atoms with van der Waals surface area (Å²) < 4.78 is 0. The van der Waals surface area contributed by atoms with Gasteiger partial charge in [0, 0.05) is 44.1 Å². The molecule has 0 bridgehead atoms. The van der Waals surface area contributed by atoms with Gasteiger partial charge in [-0.2, -0.15) is 0 Å². The van der Waals surface area contributed by atoms with E-state index in [1.807, 2.05) is 48.8 Å². The van der Waals surface area contributed by atoms with E-state index in [0.29, 0.717) is 44.3 Å². The lowest BCUT2D eigenvalue weighted by atomic mass is 9.89. The normalized spacial score (nSPS) is 21.6. The number of rotatable bonds is 3. The van der Waals surface area contributed by atoms with Gasteiger partial charge in [-0.05, 0) is 57.2 Å². The number of benzene rings is 1. The van der Waals surface area contributed by atoms with Crippen LogP contribution in [-0.4, -0.2) is 58.6 Å². The first-order valence-corrected chi connectivity index (χ1v) is 9.86. The van der Waals surface area contributed by atoms with E-state index in [-0.39, 0.29) is 23.4 Å². The summed E-state index contributed by atoms with van der Waals surface area (Å²) in [7, 11) is 0. The molecule has 3 rings (SSSR count). The number of amides is 3. The number of urea groups is 1. The molecule has 2 saturated heterocycles. The second kappa shape index (κ2) is 7.79. The lowest BCUT2D eigenvalue weighted by molar-refractivity contribution is -0.131. The van der Waals surface area contributed by atoms with Crippen LogP contribution in [-0.2, 0) is 4.79 Å². The Kier molecular flexibility index (Phi) is 5.63. The number of hydrogen-bond donors (Lipinski definition) is 2. The predicted octanol–water partition coefficient (Wildman–Crippen LogP) is 2.93. The molecule has 2 aliphatic heterocycles. The first-order chi connectivity index (χ1) is 12.7. The molecule has 6 heteroatoms. The largest absolute Gasteiger partial charge is 0.508 e. The minimum atomic E-state index is -0.163. The highest BCUT2D eigenvalue weighted by Crippen LogP contribution is 2.30. The monoisotopic (exact) mass is 373 g/mol. The van der Waals surface area contributed by atoms with Crippen molar-refractivity contribution in [3.8, 4) is 5.75 Å². The summed E-state index contributed by atoms with van der Waals surface area (Å²) >= 11 is 0. The molecule has 2 N–H and O–H groups in total. The number of phenols is 1. The van der Waals surface area contributed by atoms with Gasteiger partial charge in [0.15, 0.2) is 0 Å². The minimum absolute atomic E-state index is 0.0361. The molecule has 1 aromatic carbocycles. The molecular formula is C21H31N3O3. The molecular weight excluding hydrogens is 342 g/mol. The highest BCUT2D eigenvalue weighted by molar-refractivity contribution is 5.80. The molecule has 1 atom stereocenters. The van der Waals surface area contributed by atoms with Crippen molar-refractivity contribution in [2.75, 3.05) is 26.2 Å². The Morgan fingerprint density at radius 3 is 2.56 bits per heavy atom. The predicted molar refractivity (Wildman–Crippen MR) is 105 cm³/mol. The van der Waals surface area contributed by atoms with Crippen molar-refractivity contribution in [2.24, 2.45) is 5.92 Å². The second-order valence-corrected chi connectivity index (χ2v) is 8.79. The fourth-order valence-corrected chi connectivity index (χ4v) is 4.10. The molecule has 2 fully saturated rings. The molecule has 3 amide bonds. The van der Waals surface area contributed by atoms with Crippen molar-refractivity contribution in [3.63, 3.8) is 0 Å². The first kappa shape index (κ1) is 19.5. The Morgan fingerprint density at radius 1 is 1.26 bits per heavy atom. The number of nitrogens with zero attached hydrogens (tertiary/aromatic N) is 2. The van der Waals surface area contributed by atoms with Crippen LogP contribution in [0.1, 0.15) is 51.5 Å². The zero-order chi connectivity index (χ0) is 19.6. The maximum Gasteiger partial charge on any atom is 0.317 e. The number of carbonyl (C=O) groups is 2. The average molecular weight is 373 g/mol. The smallest absolute Gasteiger partial charge is 0.317 e. The van der Waals surface area contributed by atoms with Gasteiger partial charge < -0.3 is 20.2 Å². The van der Waals surface area contributed by atoms with Crippen LogP contribution in [0.15, 0.2) is 24.3 Å². The van der Waals surface area contributed by atoms with Crippen molar-refractivity contribution in [1.82, 2.24) is 15.1 Å². The highest BCUT2D eigenvalue weighted by atomic mass is 16.3. The molecule has 6 nitrogen and oxygen atoms in total. The van der Waals surface area contributed by atoms with Gasteiger partial charge in [0.1, 0.15) is 5.75 Å². The van der Waals surface area contributed by atoms with E-state index in [4.69, 9.17) is 0 Å². The summed E-state index contributed by atoms with van der Waals surface area (Å²) in [5.41, 5.74) is 0.977. The van der Waals surface area contributed by atoms with Gasteiger partial charge in [-0.1, -0.05) is 12.1 Å². The van der Waals surface area contributed by atoms with Crippen molar-refractivity contribution in [2.45, 2.75) is 51.5 Å². The fourth-order valence-electron chi connectivity index (χ4n) is 4.10. The van der Waals surface area contributed by atoms with Crippen LogP contribution in [0, 0.1) is 5.92 Å². The Morgan fingerprint density at radius 2 is 1.96 bits per heavy atom. The SMILES string of the molecule is CC(C)(C)N1CC(CNC(=O)N2CCC(c3cccc(O)c3)CC2)CC1=O. The molecule has 2 aliphatic rings. The van der Waals surface area contributed by atoms with Crippen LogP contribution in [0.3, 0.4) is 0 Å². The number of nitrogens with one attached hydrogen (secondary N) is 1. The van der Waals surface area contributed by atoms with Crippen molar-refractivity contribution in [1.29, 1.82) is 0 Å². The van der Waals surface area contributed by atoms with Gasteiger partial charge in [-0.3, -0.25) is 4.79 Å². The van der Waals surface area contributed by atoms with Crippen molar-refractivity contribution < 1.29 is 14.7 Å². The van der Waals surface area contributed by atoms with E-state index in [1.54, 1.807) is 6.07 Å². The lowest BCUT2D eigenvalue weighted by Crippen LogP contribution is -2.46. The van der Waals surface area contributed by atoms with Crippen LogP contribution in [0.25, 0.3) is 0 Å². The third kappa shape index (κ3) is 4.73. The molecule has 27 heavy (non-hydrogen) atoms. The van der Waals surface area contributed by atoms with E-state index in [2.05, 4.69) is 5.32 Å². The number of likely N-dealkylation sites (tertiary alicyclic amines) is 2. The summed E-state index contributed by atoms with van der Waals surface area (Å²) in [5.74, 6) is 1.04. The van der Waals surface area contributed by atoms with Crippen molar-refractivity contribution in [3.05, 3.63) is 29.8 Å². The van der Waals surface area contributed by atoms with E-state index in [0.717, 1.165) is 18.4 Å². The molecule has 0 spiro atoms. The Labute approximate surface area is 161 Å². The second-order valence-electron chi connectivity index (χ2n) is 8.79. The Bertz CT molecular complexity index is 690. The number of hydrogen-bond acceptors (Lipinski definition) is 3. The molecule has 1 unspecified atom stereocenters. The van der Waals surface area contributed by atoms with Crippen LogP contribution < -0.4 is 5.32 Å². The Balaban J connectivity index is 1.44. The maximum atomic E-state index is 12.5. The fraction of sp³-hybridized carbons (Fsp3) is 0.619. The standard InChI is InChI=1S/C21H31N3O3/c1-21(2,3)24-14-15(11-19(24)26)13-22-20(27)23-9-7-16(8-10-23)17-5-4-6-18(25)12-17/h4-6,12,15-16,25H,7-11,13-14H2,1-3H3,(H,22,27). The maximum absolute atomic E-state index is 12.5. The van der Waals surface area contributed by atoms with Gasteiger partial charge in [-0.15, -0.1) is 0 Å².